The fourth-order valence-electron chi connectivity index (χ4n) is 11.0. The van der Waals surface area contributed by atoms with Gasteiger partial charge in [0.1, 0.15) is 65.3 Å². The third-order valence-electron chi connectivity index (χ3n) is 16.2. The standard InChI is InChI=1S/C25H22N2O4.C17H18N2O4.C16H20N2O4.C14H16N2O5/c28-24-23(27-22(17-31-25(27)29)19-10-5-2-6-11-19)21(14-13-20-12-7-15-30-20)26(24)16-18-8-3-1-4-9-18;20-15(11-23-12-5-2-1-3-6-12)19-16-14(18-17(16)21)9-8-13-7-4-10-22-13;1-2-11(19)8-9-13-15(16(21)17-13)18-14(20)10-22-12-6-4-3-5-7-12;17-11(8-21-9-4-2-1-3-5-9)16-13-10(15-14(13)20)6-7-12(18)19/h1-15,21-23H,16-17H2;1-7,10,14,16H,8-9,11H2,(H,18,21)(H,19,20);3-7,13,15H,2,8-10H2,1H3,(H,17,21)(H,18,20);1-5,10,13H,6-8H2,(H,15,20)(H,16,17)(H,18,19)/b14-13+;;;/t21-,22+,23?;14-,16+;13-,15?;10-,13?/m1111/s1. The van der Waals surface area contributed by atoms with Crippen LogP contribution < -0.4 is 46.1 Å². The zero-order valence-corrected chi connectivity index (χ0v) is 53.1. The van der Waals surface area contributed by atoms with E-state index in [-0.39, 0.29) is 111 Å². The van der Waals surface area contributed by atoms with Crippen LogP contribution in [-0.2, 0) is 60.9 Å². The molecule has 7 heterocycles. The molecule has 7 aromatic rings. The van der Waals surface area contributed by atoms with E-state index in [0.717, 1.165) is 16.9 Å². The number of β-lactam (4-membered cyclic amide) rings is 4. The molecule has 3 unspecified atom stereocenters. The first-order chi connectivity index (χ1) is 47.1. The Morgan fingerprint density at radius 3 is 1.45 bits per heavy atom. The van der Waals surface area contributed by atoms with Crippen molar-refractivity contribution in [3.63, 3.8) is 0 Å². The highest BCUT2D eigenvalue weighted by atomic mass is 16.6. The number of rotatable bonds is 28. The number of benzene rings is 5. The topological polar surface area (TPSA) is 333 Å². The number of amides is 8. The molecule has 5 aliphatic rings. The third kappa shape index (κ3) is 20.3. The van der Waals surface area contributed by atoms with Gasteiger partial charge in [0.2, 0.25) is 23.6 Å². The molecule has 5 aromatic carbocycles. The highest BCUT2D eigenvalue weighted by molar-refractivity contribution is 5.96. The van der Waals surface area contributed by atoms with Crippen molar-refractivity contribution >= 4 is 65.3 Å². The van der Waals surface area contributed by atoms with Crippen LogP contribution in [-0.4, -0.2) is 149 Å². The van der Waals surface area contributed by atoms with Gasteiger partial charge in [-0.3, -0.25) is 48.1 Å². The SMILES string of the molecule is CCC(=O)CC[C@H]1NC(=O)C1NC(=O)COc1ccccc1.O=C(COc1ccccc1)N[C@@H]1C(=O)N[C@@H]1CCc1ccco1.O=C(O)CC[C@H]1NC(=O)C1NC(=O)COc1ccccc1.O=C1C(N2C(=O)OC[C@H]2c2ccccc2)[C@@H](/C=C/c2ccco2)N1Cc1ccccc1. The Kier molecular flexibility index (Phi) is 25.3. The zero-order valence-electron chi connectivity index (χ0n) is 53.1. The summed E-state index contributed by atoms with van der Waals surface area (Å²) < 4.78 is 32.0. The van der Waals surface area contributed by atoms with E-state index in [1.54, 1.807) is 70.9 Å². The first-order valence-electron chi connectivity index (χ1n) is 31.8. The molecule has 0 bridgehead atoms. The summed E-state index contributed by atoms with van der Waals surface area (Å²) in [5.74, 6) is 0.702. The summed E-state index contributed by atoms with van der Waals surface area (Å²) >= 11 is 0. The Morgan fingerprint density at radius 2 is 1.01 bits per heavy atom. The van der Waals surface area contributed by atoms with E-state index >= 15 is 0 Å². The Hall–Kier alpha value is -11.5. The lowest BCUT2D eigenvalue weighted by molar-refractivity contribution is -0.155. The third-order valence-corrected chi connectivity index (χ3v) is 16.2. The summed E-state index contributed by atoms with van der Waals surface area (Å²) in [4.78, 5) is 121. The second-order valence-corrected chi connectivity index (χ2v) is 22.9. The molecule has 0 aliphatic carbocycles. The summed E-state index contributed by atoms with van der Waals surface area (Å²) in [5, 5.41) is 24.6. The van der Waals surface area contributed by atoms with Gasteiger partial charge in [0, 0.05) is 32.2 Å². The largest absolute Gasteiger partial charge is 0.484 e. The molecule has 8 amide bonds. The second-order valence-electron chi connectivity index (χ2n) is 22.9. The van der Waals surface area contributed by atoms with Crippen molar-refractivity contribution in [2.45, 2.75) is 113 Å². The Labute approximate surface area is 559 Å². The van der Waals surface area contributed by atoms with E-state index < -0.39 is 42.1 Å². The van der Waals surface area contributed by atoms with Crippen molar-refractivity contribution < 1.29 is 80.8 Å². The number of carboxylic acid groups (broad SMARTS) is 1. The molecule has 0 radical (unpaired) electrons. The van der Waals surface area contributed by atoms with Gasteiger partial charge in [-0.25, -0.2) is 4.79 Å². The number of para-hydroxylation sites is 3. The molecule has 0 spiro atoms. The summed E-state index contributed by atoms with van der Waals surface area (Å²) in [6, 6.07) is 50.3. The molecule has 25 nitrogen and oxygen atoms in total. The van der Waals surface area contributed by atoms with Crippen LogP contribution in [0.25, 0.3) is 6.08 Å². The molecule has 506 valence electrons. The van der Waals surface area contributed by atoms with E-state index in [4.69, 9.17) is 32.9 Å². The van der Waals surface area contributed by atoms with Gasteiger partial charge in [0.15, 0.2) is 19.8 Å². The van der Waals surface area contributed by atoms with Crippen LogP contribution in [0.4, 0.5) is 4.79 Å². The monoisotopic (exact) mass is 1320 g/mol. The number of hydrogen-bond donors (Lipinski definition) is 7. The van der Waals surface area contributed by atoms with Crippen molar-refractivity contribution in [2.75, 3.05) is 26.4 Å². The molecule has 0 saturated carbocycles. The highest BCUT2D eigenvalue weighted by Crippen LogP contribution is 2.38. The normalized spacial score (nSPS) is 20.9. The number of aryl methyl sites for hydroxylation is 1. The second kappa shape index (κ2) is 35.1. The van der Waals surface area contributed by atoms with Gasteiger partial charge in [-0.15, -0.1) is 0 Å². The van der Waals surface area contributed by atoms with E-state index in [0.29, 0.717) is 61.7 Å². The number of aliphatic carboxylic acids is 1. The predicted octanol–water partition coefficient (Wildman–Crippen LogP) is 6.26. The molecular formula is C72H76N8O17. The molecule has 97 heavy (non-hydrogen) atoms. The van der Waals surface area contributed by atoms with E-state index in [1.807, 2.05) is 146 Å². The molecule has 7 N–H and O–H groups in total. The number of nitrogens with zero attached hydrogens (tertiary/aromatic N) is 2. The lowest BCUT2D eigenvalue weighted by Gasteiger charge is -2.49. The molecule has 25 heteroatoms. The Bertz CT molecular complexity index is 3770. The Balaban J connectivity index is 0.000000154. The summed E-state index contributed by atoms with van der Waals surface area (Å²) in [6.45, 7) is 2.07. The van der Waals surface area contributed by atoms with E-state index in [1.165, 1.54) is 0 Å². The molecule has 5 fully saturated rings. The predicted molar refractivity (Wildman–Crippen MR) is 351 cm³/mol. The number of cyclic esters (lactones) is 1. The lowest BCUT2D eigenvalue weighted by atomic mass is 9.90. The number of ether oxygens (including phenoxy) is 4. The van der Waals surface area contributed by atoms with E-state index in [9.17, 15) is 47.9 Å². The molecule has 12 rings (SSSR count). The van der Waals surface area contributed by atoms with Crippen molar-refractivity contribution in [2.24, 2.45) is 0 Å². The number of furan rings is 2. The zero-order chi connectivity index (χ0) is 68.5. The van der Waals surface area contributed by atoms with Gasteiger partial charge in [-0.1, -0.05) is 128 Å². The van der Waals surface area contributed by atoms with Crippen LogP contribution in [0.2, 0.25) is 0 Å². The van der Waals surface area contributed by atoms with Crippen LogP contribution >= 0.6 is 0 Å². The van der Waals surface area contributed by atoms with Crippen molar-refractivity contribution in [1.29, 1.82) is 0 Å². The summed E-state index contributed by atoms with van der Waals surface area (Å²) in [5.41, 5.74) is 1.99. The molecule has 5 aliphatic heterocycles. The summed E-state index contributed by atoms with van der Waals surface area (Å²) in [7, 11) is 0. The minimum Gasteiger partial charge on any atom is -0.484 e. The van der Waals surface area contributed by atoms with Gasteiger partial charge in [-0.2, -0.15) is 0 Å². The number of nitrogens with one attached hydrogen (secondary N) is 6. The maximum atomic E-state index is 13.3. The van der Waals surface area contributed by atoms with Gasteiger partial charge >= 0.3 is 12.1 Å². The number of Topliss-reactive ketones (excluding diaryl/α,β-unsaturated/α-hetero) is 1. The number of ketones is 1. The van der Waals surface area contributed by atoms with Crippen molar-refractivity contribution in [3.05, 3.63) is 217 Å². The van der Waals surface area contributed by atoms with Crippen LogP contribution in [0.15, 0.2) is 203 Å². The van der Waals surface area contributed by atoms with Gasteiger partial charge in [-0.05, 0) is 97.1 Å². The summed E-state index contributed by atoms with van der Waals surface area (Å²) in [6.07, 6.45) is 9.64. The van der Waals surface area contributed by atoms with Crippen molar-refractivity contribution in [3.8, 4) is 17.2 Å². The number of carbonyl (C=O) groups excluding carboxylic acids is 9. The first kappa shape index (κ1) is 69.8. The maximum absolute atomic E-state index is 13.3. The number of carboxylic acids is 1. The average Bonchev–Trinajstić information content (AvgIpc) is 1.73. The van der Waals surface area contributed by atoms with Crippen LogP contribution in [0.1, 0.15) is 74.1 Å². The lowest BCUT2D eigenvalue weighted by Crippen LogP contribution is -2.69. The Morgan fingerprint density at radius 1 is 0.557 bits per heavy atom. The highest BCUT2D eigenvalue weighted by Gasteiger charge is 2.55. The molecule has 5 saturated heterocycles. The van der Waals surface area contributed by atoms with Crippen molar-refractivity contribution in [1.82, 2.24) is 41.7 Å². The molecule has 9 atom stereocenters. The smallest absolute Gasteiger partial charge is 0.411 e. The average molecular weight is 1330 g/mol. The minimum atomic E-state index is -0.936. The van der Waals surface area contributed by atoms with Crippen LogP contribution in [0.5, 0.6) is 17.2 Å². The number of carbonyl (C=O) groups is 10. The van der Waals surface area contributed by atoms with Crippen LogP contribution in [0, 0.1) is 0 Å². The molecule has 2 aromatic heterocycles. The number of hydrogen-bond acceptors (Lipinski definition) is 16. The molecular weight excluding hydrogens is 1250 g/mol. The van der Waals surface area contributed by atoms with Gasteiger partial charge in [0.25, 0.3) is 17.7 Å². The maximum Gasteiger partial charge on any atom is 0.411 e. The minimum absolute atomic E-state index is 0.0577. The van der Waals surface area contributed by atoms with Gasteiger partial charge < -0.3 is 69.7 Å². The van der Waals surface area contributed by atoms with E-state index in [2.05, 4.69) is 31.9 Å². The number of likely N-dealkylation sites (tertiary alicyclic amines) is 1. The quantitative estimate of drug-likeness (QED) is 0.0266. The fraction of sp³-hybridized carbons (Fsp3) is 0.306. The van der Waals surface area contributed by atoms with Gasteiger partial charge in [0.05, 0.1) is 42.7 Å². The first-order valence-corrected chi connectivity index (χ1v) is 31.8. The van der Waals surface area contributed by atoms with Crippen LogP contribution in [0.3, 0.4) is 0 Å². The fourth-order valence-corrected chi connectivity index (χ4v) is 11.0.